The highest BCUT2D eigenvalue weighted by atomic mass is 19.1. The quantitative estimate of drug-likeness (QED) is 0.920. The van der Waals surface area contributed by atoms with Gasteiger partial charge in [0.25, 0.3) is 0 Å². The lowest BCUT2D eigenvalue weighted by Gasteiger charge is -2.28. The number of halogens is 1. The van der Waals surface area contributed by atoms with E-state index in [9.17, 15) is 9.50 Å². The van der Waals surface area contributed by atoms with Gasteiger partial charge in [0.15, 0.2) is 0 Å². The molecule has 22 heavy (non-hydrogen) atoms. The van der Waals surface area contributed by atoms with Gasteiger partial charge in [0.05, 0.1) is 19.4 Å². The molecule has 1 heterocycles. The number of benzene rings is 1. The number of aliphatic hydroxyl groups is 1. The fraction of sp³-hybridized carbons (Fsp3) is 0.389. The maximum Gasteiger partial charge on any atom is 0.213 e. The summed E-state index contributed by atoms with van der Waals surface area (Å²) in [5.41, 5.74) is 2.41. The second kappa shape index (κ2) is 6.05. The molecule has 0 aliphatic rings. The van der Waals surface area contributed by atoms with Gasteiger partial charge in [0, 0.05) is 11.6 Å². The summed E-state index contributed by atoms with van der Waals surface area (Å²) in [6.45, 7) is 7.81. The number of aliphatic hydroxyl groups excluding tert-OH is 1. The summed E-state index contributed by atoms with van der Waals surface area (Å²) in [5, 5.41) is 10.7. The zero-order valence-electron chi connectivity index (χ0n) is 13.6. The van der Waals surface area contributed by atoms with Gasteiger partial charge in [0.1, 0.15) is 5.82 Å². The van der Waals surface area contributed by atoms with Crippen molar-refractivity contribution in [1.29, 1.82) is 0 Å². The molecule has 0 spiro atoms. The lowest BCUT2D eigenvalue weighted by molar-refractivity contribution is 0.0631. The Bertz CT molecular complexity index is 677. The molecule has 1 aromatic heterocycles. The molecule has 1 unspecified atom stereocenters. The van der Waals surface area contributed by atoms with Gasteiger partial charge in [-0.25, -0.2) is 9.37 Å². The molecule has 0 amide bonds. The Labute approximate surface area is 130 Å². The van der Waals surface area contributed by atoms with Gasteiger partial charge in [-0.3, -0.25) is 0 Å². The topological polar surface area (TPSA) is 42.4 Å². The maximum atomic E-state index is 14.2. The van der Waals surface area contributed by atoms with Gasteiger partial charge in [-0.15, -0.1) is 0 Å². The molecule has 0 saturated heterocycles. The number of hydrogen-bond acceptors (Lipinski definition) is 3. The van der Waals surface area contributed by atoms with Crippen molar-refractivity contribution < 1.29 is 14.2 Å². The number of hydrogen-bond donors (Lipinski definition) is 1. The van der Waals surface area contributed by atoms with Crippen LogP contribution in [-0.4, -0.2) is 17.2 Å². The molecular formula is C18H22FNO2. The molecule has 0 bridgehead atoms. The van der Waals surface area contributed by atoms with Crippen LogP contribution in [0.2, 0.25) is 0 Å². The minimum Gasteiger partial charge on any atom is -0.481 e. The summed E-state index contributed by atoms with van der Waals surface area (Å²) in [6.07, 6.45) is 0.433. The Morgan fingerprint density at radius 3 is 2.45 bits per heavy atom. The minimum atomic E-state index is -0.707. The van der Waals surface area contributed by atoms with Crippen molar-refractivity contribution in [1.82, 2.24) is 4.98 Å². The monoisotopic (exact) mass is 303 g/mol. The fourth-order valence-corrected chi connectivity index (χ4v) is 2.36. The van der Waals surface area contributed by atoms with Crippen LogP contribution in [0.15, 0.2) is 30.5 Å². The number of pyridine rings is 1. The predicted octanol–water partition coefficient (Wildman–Crippen LogP) is 4.28. The van der Waals surface area contributed by atoms with E-state index < -0.39 is 11.9 Å². The number of rotatable bonds is 3. The first kappa shape index (κ1) is 16.4. The lowest BCUT2D eigenvalue weighted by atomic mass is 9.81. The number of ether oxygens (including phenoxy) is 1. The van der Waals surface area contributed by atoms with Crippen molar-refractivity contribution in [2.45, 2.75) is 33.8 Å². The third-order valence-electron chi connectivity index (χ3n) is 3.65. The standard InChI is InChI=1S/C18H22FNO2/c1-11-6-7-12(14(8-11)17(21)18(2,3)4)13-9-16(22-5)20-10-15(13)19/h6-10,17,21H,1-5H3. The molecule has 2 rings (SSSR count). The second-order valence-electron chi connectivity index (χ2n) is 6.57. The zero-order valence-corrected chi connectivity index (χ0v) is 13.6. The average molecular weight is 303 g/mol. The summed E-state index contributed by atoms with van der Waals surface area (Å²) in [4.78, 5) is 3.86. The van der Waals surface area contributed by atoms with Crippen molar-refractivity contribution in [2.24, 2.45) is 5.41 Å². The van der Waals surface area contributed by atoms with Crippen molar-refractivity contribution in [3.8, 4) is 17.0 Å². The van der Waals surface area contributed by atoms with Gasteiger partial charge >= 0.3 is 0 Å². The van der Waals surface area contributed by atoms with Gasteiger partial charge < -0.3 is 9.84 Å². The Morgan fingerprint density at radius 1 is 1.18 bits per heavy atom. The highest BCUT2D eigenvalue weighted by Crippen LogP contribution is 2.39. The Balaban J connectivity index is 2.66. The van der Waals surface area contributed by atoms with Crippen LogP contribution >= 0.6 is 0 Å². The average Bonchev–Trinajstić information content (AvgIpc) is 2.46. The van der Waals surface area contributed by atoms with Crippen molar-refractivity contribution >= 4 is 0 Å². The van der Waals surface area contributed by atoms with Gasteiger partial charge in [0.2, 0.25) is 5.88 Å². The molecular weight excluding hydrogens is 281 g/mol. The normalized spacial score (nSPS) is 13.0. The van der Waals surface area contributed by atoms with E-state index in [1.807, 2.05) is 45.9 Å². The van der Waals surface area contributed by atoms with E-state index in [2.05, 4.69) is 4.98 Å². The van der Waals surface area contributed by atoms with E-state index in [-0.39, 0.29) is 5.41 Å². The van der Waals surface area contributed by atoms with Crippen LogP contribution in [0.4, 0.5) is 4.39 Å². The van der Waals surface area contributed by atoms with Crippen LogP contribution in [0.25, 0.3) is 11.1 Å². The van der Waals surface area contributed by atoms with Crippen LogP contribution in [0.1, 0.15) is 38.0 Å². The van der Waals surface area contributed by atoms with Gasteiger partial charge in [-0.1, -0.05) is 44.5 Å². The van der Waals surface area contributed by atoms with Crippen LogP contribution in [0, 0.1) is 18.2 Å². The van der Waals surface area contributed by atoms with Crippen LogP contribution in [0.5, 0.6) is 5.88 Å². The van der Waals surface area contributed by atoms with E-state index in [0.29, 0.717) is 22.6 Å². The molecule has 1 atom stereocenters. The minimum absolute atomic E-state index is 0.341. The fourth-order valence-electron chi connectivity index (χ4n) is 2.36. The van der Waals surface area contributed by atoms with Crippen LogP contribution in [0.3, 0.4) is 0 Å². The Kier molecular flexibility index (Phi) is 4.52. The summed E-state index contributed by atoms with van der Waals surface area (Å²) >= 11 is 0. The molecule has 0 radical (unpaired) electrons. The van der Waals surface area contributed by atoms with E-state index >= 15 is 0 Å². The van der Waals surface area contributed by atoms with E-state index in [4.69, 9.17) is 4.74 Å². The molecule has 0 fully saturated rings. The summed E-state index contributed by atoms with van der Waals surface area (Å²) < 4.78 is 19.3. The van der Waals surface area contributed by atoms with E-state index in [0.717, 1.165) is 11.8 Å². The SMILES string of the molecule is COc1cc(-c2ccc(C)cc2C(O)C(C)(C)C)c(F)cn1. The summed E-state index contributed by atoms with van der Waals surface area (Å²) in [7, 11) is 1.49. The van der Waals surface area contributed by atoms with E-state index in [1.54, 1.807) is 6.07 Å². The number of aromatic nitrogens is 1. The summed E-state index contributed by atoms with van der Waals surface area (Å²) in [5.74, 6) is -0.0971. The third-order valence-corrected chi connectivity index (χ3v) is 3.65. The van der Waals surface area contributed by atoms with Crippen molar-refractivity contribution in [3.63, 3.8) is 0 Å². The molecule has 3 nitrogen and oxygen atoms in total. The van der Waals surface area contributed by atoms with Gasteiger partial charge in [-0.05, 0) is 23.5 Å². The van der Waals surface area contributed by atoms with Gasteiger partial charge in [-0.2, -0.15) is 0 Å². The number of nitrogens with zero attached hydrogens (tertiary/aromatic N) is 1. The molecule has 1 N–H and O–H groups in total. The molecule has 2 aromatic rings. The molecule has 4 heteroatoms. The predicted molar refractivity (Wildman–Crippen MR) is 85.3 cm³/mol. The Morgan fingerprint density at radius 2 is 1.86 bits per heavy atom. The smallest absolute Gasteiger partial charge is 0.213 e. The largest absolute Gasteiger partial charge is 0.481 e. The molecule has 1 aromatic carbocycles. The van der Waals surface area contributed by atoms with E-state index in [1.165, 1.54) is 7.11 Å². The van der Waals surface area contributed by atoms with Crippen molar-refractivity contribution in [3.05, 3.63) is 47.4 Å². The second-order valence-corrected chi connectivity index (χ2v) is 6.57. The van der Waals surface area contributed by atoms with Crippen LogP contribution < -0.4 is 4.74 Å². The highest BCUT2D eigenvalue weighted by molar-refractivity contribution is 5.69. The summed E-state index contributed by atoms with van der Waals surface area (Å²) in [6, 6.07) is 7.19. The number of aryl methyl sites for hydroxylation is 1. The zero-order chi connectivity index (χ0) is 16.5. The first-order valence-electron chi connectivity index (χ1n) is 7.22. The first-order chi connectivity index (χ1) is 10.2. The highest BCUT2D eigenvalue weighted by Gasteiger charge is 2.27. The lowest BCUT2D eigenvalue weighted by Crippen LogP contribution is -2.18. The number of methoxy groups -OCH3 is 1. The van der Waals surface area contributed by atoms with Crippen LogP contribution in [-0.2, 0) is 0 Å². The first-order valence-corrected chi connectivity index (χ1v) is 7.22. The molecule has 0 aliphatic carbocycles. The Hall–Kier alpha value is -1.94. The van der Waals surface area contributed by atoms with Crippen molar-refractivity contribution in [2.75, 3.05) is 7.11 Å². The molecule has 0 aliphatic heterocycles. The maximum absolute atomic E-state index is 14.2. The third kappa shape index (κ3) is 3.28. The molecule has 118 valence electrons. The molecule has 0 saturated carbocycles.